The number of hydrogen-bond acceptors (Lipinski definition) is 2. The minimum atomic E-state index is -0.141. The first-order chi connectivity index (χ1) is 7.83. The summed E-state index contributed by atoms with van der Waals surface area (Å²) in [7, 11) is 0. The molecule has 16 heavy (non-hydrogen) atoms. The van der Waals surface area contributed by atoms with Crippen LogP contribution >= 0.6 is 0 Å². The zero-order valence-corrected chi connectivity index (χ0v) is 9.65. The number of nitrogens with zero attached hydrogens (tertiary/aromatic N) is 1. The van der Waals surface area contributed by atoms with Crippen molar-refractivity contribution in [2.45, 2.75) is 25.8 Å². The number of rotatable bonds is 4. The van der Waals surface area contributed by atoms with E-state index in [0.29, 0.717) is 6.67 Å². The highest BCUT2D eigenvalue weighted by Crippen LogP contribution is 2.20. The molecule has 1 atom stereocenters. The van der Waals surface area contributed by atoms with Gasteiger partial charge in [0.1, 0.15) is 6.04 Å². The number of unbranched alkanes of at least 4 members (excludes halogenated alkanes) is 1. The van der Waals surface area contributed by atoms with Crippen LogP contribution in [0.4, 0.5) is 0 Å². The van der Waals surface area contributed by atoms with Crippen molar-refractivity contribution in [3.05, 3.63) is 35.9 Å². The van der Waals surface area contributed by atoms with E-state index in [9.17, 15) is 4.79 Å². The van der Waals surface area contributed by atoms with Gasteiger partial charge in [0.25, 0.3) is 0 Å². The Labute approximate surface area is 96.5 Å². The molecule has 0 aromatic heterocycles. The average Bonchev–Trinajstić information content (AvgIpc) is 2.69. The molecule has 1 N–H and O–H groups in total. The maximum Gasteiger partial charge on any atom is 0.245 e. The van der Waals surface area contributed by atoms with Crippen LogP contribution in [0.15, 0.2) is 30.3 Å². The van der Waals surface area contributed by atoms with E-state index in [1.54, 1.807) is 0 Å². The molecule has 0 bridgehead atoms. The van der Waals surface area contributed by atoms with Crippen LogP contribution in [-0.2, 0) is 4.79 Å². The lowest BCUT2D eigenvalue weighted by molar-refractivity contribution is -0.129. The van der Waals surface area contributed by atoms with Crippen LogP contribution < -0.4 is 5.32 Å². The fourth-order valence-electron chi connectivity index (χ4n) is 1.99. The maximum absolute atomic E-state index is 12.1. The highest BCUT2D eigenvalue weighted by atomic mass is 16.2. The second-order valence-corrected chi connectivity index (χ2v) is 4.16. The van der Waals surface area contributed by atoms with Gasteiger partial charge in [-0.2, -0.15) is 0 Å². The average molecular weight is 218 g/mol. The van der Waals surface area contributed by atoms with Crippen LogP contribution in [0.5, 0.6) is 0 Å². The fraction of sp³-hybridized carbons (Fsp3) is 0.462. The number of amides is 1. The quantitative estimate of drug-likeness (QED) is 0.837. The van der Waals surface area contributed by atoms with Crippen molar-refractivity contribution >= 4 is 5.91 Å². The minimum Gasteiger partial charge on any atom is -0.328 e. The molecule has 1 aromatic rings. The summed E-state index contributed by atoms with van der Waals surface area (Å²) in [6.07, 6.45) is 2.20. The normalized spacial score (nSPS) is 20.4. The number of carbonyl (C=O) groups is 1. The van der Waals surface area contributed by atoms with Crippen LogP contribution in [0.2, 0.25) is 0 Å². The summed E-state index contributed by atoms with van der Waals surface area (Å²) in [5, 5.41) is 3.26. The third kappa shape index (κ3) is 2.25. The Hall–Kier alpha value is -1.35. The van der Waals surface area contributed by atoms with Crippen molar-refractivity contribution in [1.82, 2.24) is 10.2 Å². The van der Waals surface area contributed by atoms with E-state index >= 15 is 0 Å². The molecule has 1 amide bonds. The van der Waals surface area contributed by atoms with Crippen LogP contribution in [0, 0.1) is 0 Å². The van der Waals surface area contributed by atoms with Crippen molar-refractivity contribution in [2.24, 2.45) is 0 Å². The molecule has 86 valence electrons. The highest BCUT2D eigenvalue weighted by Gasteiger charge is 2.31. The number of hydrogen-bond donors (Lipinski definition) is 1. The lowest BCUT2D eigenvalue weighted by Crippen LogP contribution is -2.27. The molecule has 1 saturated heterocycles. The molecule has 1 heterocycles. The van der Waals surface area contributed by atoms with Crippen molar-refractivity contribution in [3.63, 3.8) is 0 Å². The molecule has 0 spiro atoms. The Morgan fingerprint density at radius 1 is 1.38 bits per heavy atom. The van der Waals surface area contributed by atoms with Gasteiger partial charge in [-0.3, -0.25) is 10.1 Å². The molecular formula is C13H18N2O. The van der Waals surface area contributed by atoms with Crippen LogP contribution in [0.25, 0.3) is 0 Å². The first-order valence-corrected chi connectivity index (χ1v) is 5.90. The molecule has 1 fully saturated rings. The van der Waals surface area contributed by atoms with Crippen LogP contribution in [-0.4, -0.2) is 24.0 Å². The molecule has 3 nitrogen and oxygen atoms in total. The topological polar surface area (TPSA) is 32.3 Å². The highest BCUT2D eigenvalue weighted by molar-refractivity contribution is 5.85. The largest absolute Gasteiger partial charge is 0.328 e. The monoisotopic (exact) mass is 218 g/mol. The van der Waals surface area contributed by atoms with E-state index < -0.39 is 0 Å². The van der Waals surface area contributed by atoms with Crippen molar-refractivity contribution in [2.75, 3.05) is 13.2 Å². The van der Waals surface area contributed by atoms with Gasteiger partial charge in [-0.1, -0.05) is 43.7 Å². The lowest BCUT2D eigenvalue weighted by Gasteiger charge is -2.14. The molecule has 1 aromatic carbocycles. The summed E-state index contributed by atoms with van der Waals surface area (Å²) in [4.78, 5) is 14.0. The van der Waals surface area contributed by atoms with Crippen molar-refractivity contribution < 1.29 is 4.79 Å². The number of benzene rings is 1. The molecular weight excluding hydrogens is 200 g/mol. The Balaban J connectivity index is 2.02. The summed E-state index contributed by atoms with van der Waals surface area (Å²) in [6.45, 7) is 3.69. The van der Waals surface area contributed by atoms with E-state index in [1.807, 2.05) is 35.2 Å². The van der Waals surface area contributed by atoms with Crippen LogP contribution in [0.1, 0.15) is 31.4 Å². The molecule has 1 unspecified atom stereocenters. The molecule has 1 aliphatic rings. The van der Waals surface area contributed by atoms with Gasteiger partial charge in [-0.25, -0.2) is 0 Å². The Morgan fingerprint density at radius 2 is 2.12 bits per heavy atom. The van der Waals surface area contributed by atoms with Gasteiger partial charge in [-0.15, -0.1) is 0 Å². The summed E-state index contributed by atoms with van der Waals surface area (Å²) in [5.74, 6) is 0.208. The predicted molar refractivity (Wildman–Crippen MR) is 63.8 cm³/mol. The standard InChI is InChI=1S/C13H18N2O/c1-2-3-9-15-10-14-12(13(15)16)11-7-5-4-6-8-11/h4-8,12,14H,2-3,9-10H2,1H3. The van der Waals surface area contributed by atoms with Gasteiger partial charge in [0.05, 0.1) is 6.67 Å². The summed E-state index contributed by atoms with van der Waals surface area (Å²) in [6, 6.07) is 9.77. The first-order valence-electron chi connectivity index (χ1n) is 5.90. The molecule has 2 rings (SSSR count). The fourth-order valence-corrected chi connectivity index (χ4v) is 1.99. The predicted octanol–water partition coefficient (Wildman–Crippen LogP) is 1.92. The molecule has 0 aliphatic carbocycles. The summed E-state index contributed by atoms with van der Waals surface area (Å²) < 4.78 is 0. The summed E-state index contributed by atoms with van der Waals surface area (Å²) >= 11 is 0. The SMILES string of the molecule is CCCCN1CNC(c2ccccc2)C1=O. The van der Waals surface area contributed by atoms with Crippen LogP contribution in [0.3, 0.4) is 0 Å². The van der Waals surface area contributed by atoms with Gasteiger partial charge in [0.15, 0.2) is 0 Å². The van der Waals surface area contributed by atoms with E-state index in [4.69, 9.17) is 0 Å². The molecule has 1 aliphatic heterocycles. The molecule has 3 heteroatoms. The zero-order valence-electron chi connectivity index (χ0n) is 9.65. The Kier molecular flexibility index (Phi) is 3.57. The van der Waals surface area contributed by atoms with Crippen molar-refractivity contribution in [3.8, 4) is 0 Å². The van der Waals surface area contributed by atoms with Crippen molar-refractivity contribution in [1.29, 1.82) is 0 Å². The Morgan fingerprint density at radius 3 is 2.81 bits per heavy atom. The van der Waals surface area contributed by atoms with Gasteiger partial charge in [0, 0.05) is 6.54 Å². The zero-order chi connectivity index (χ0) is 11.4. The third-order valence-corrected chi connectivity index (χ3v) is 2.96. The van der Waals surface area contributed by atoms with E-state index in [0.717, 1.165) is 24.9 Å². The molecule has 0 radical (unpaired) electrons. The lowest BCUT2D eigenvalue weighted by atomic mass is 10.1. The minimum absolute atomic E-state index is 0.141. The smallest absolute Gasteiger partial charge is 0.245 e. The second kappa shape index (κ2) is 5.12. The van der Waals surface area contributed by atoms with Gasteiger partial charge >= 0.3 is 0 Å². The number of carbonyl (C=O) groups excluding carboxylic acids is 1. The molecule has 0 saturated carbocycles. The van der Waals surface area contributed by atoms with Gasteiger partial charge < -0.3 is 4.90 Å². The van der Waals surface area contributed by atoms with E-state index in [1.165, 1.54) is 0 Å². The third-order valence-electron chi connectivity index (χ3n) is 2.96. The summed E-state index contributed by atoms with van der Waals surface area (Å²) in [5.41, 5.74) is 1.06. The second-order valence-electron chi connectivity index (χ2n) is 4.16. The van der Waals surface area contributed by atoms with Gasteiger partial charge in [-0.05, 0) is 12.0 Å². The first kappa shape index (κ1) is 11.1. The Bertz CT molecular complexity index is 350. The number of nitrogens with one attached hydrogen (secondary N) is 1. The van der Waals surface area contributed by atoms with E-state index in [2.05, 4.69) is 12.2 Å². The van der Waals surface area contributed by atoms with Gasteiger partial charge in [0.2, 0.25) is 5.91 Å². The van der Waals surface area contributed by atoms with E-state index in [-0.39, 0.29) is 11.9 Å². The maximum atomic E-state index is 12.1.